The van der Waals surface area contributed by atoms with E-state index in [4.69, 9.17) is 66.3 Å². The van der Waals surface area contributed by atoms with Crippen LogP contribution in [-0.2, 0) is 18.9 Å². The van der Waals surface area contributed by atoms with Gasteiger partial charge in [-0.3, -0.25) is 0 Å². The number of thiol groups is 1. The number of methoxy groups -OCH3 is 4. The summed E-state index contributed by atoms with van der Waals surface area (Å²) in [6.07, 6.45) is 0. The van der Waals surface area contributed by atoms with Crippen molar-refractivity contribution in [3.05, 3.63) is 240 Å². The first-order chi connectivity index (χ1) is 36.3. The molecule has 0 fully saturated rings. The maximum absolute atomic E-state index is 11.3. The number of phenolic OH excluding ortho intramolecular Hbond substituents is 1. The molecule has 0 aliphatic carbocycles. The molecular formula is C58H56BCl4IO12S2. The van der Waals surface area contributed by atoms with Crippen LogP contribution in [0.1, 0.15) is 56.3 Å². The number of ether oxygens (including phenoxy) is 5. The summed E-state index contributed by atoms with van der Waals surface area (Å²) in [6, 6.07) is 55.5. The van der Waals surface area contributed by atoms with E-state index in [1.54, 1.807) is 109 Å². The lowest BCUT2D eigenvalue weighted by Crippen LogP contribution is -2.29. The molecule has 0 aliphatic heterocycles. The number of hydrogen-bond donors (Lipinski definition) is 4. The Morgan fingerprint density at radius 1 is 0.436 bits per heavy atom. The zero-order valence-corrected chi connectivity index (χ0v) is 47.7. The zero-order valence-electron chi connectivity index (χ0n) is 40.8. The van der Waals surface area contributed by atoms with Gasteiger partial charge in [0.05, 0.1) is 50.7 Å². The Labute approximate surface area is 499 Å². The fourth-order valence-corrected chi connectivity index (χ4v) is 7.16. The molecule has 0 unspecified atom stereocenters. The molecule has 8 rings (SSSR count). The highest BCUT2D eigenvalue weighted by molar-refractivity contribution is 14.1. The molecule has 3 N–H and O–H groups in total. The van der Waals surface area contributed by atoms with Crippen LogP contribution < -0.4 is 10.2 Å². The van der Waals surface area contributed by atoms with Gasteiger partial charge in [0.1, 0.15) is 17.2 Å². The molecule has 8 aromatic rings. The van der Waals surface area contributed by atoms with Crippen molar-refractivity contribution >= 4 is 130 Å². The predicted molar refractivity (Wildman–Crippen MR) is 326 cm³/mol. The summed E-state index contributed by atoms with van der Waals surface area (Å²) in [5.41, 5.74) is 2.52. The van der Waals surface area contributed by atoms with E-state index >= 15 is 0 Å². The number of phenols is 1. The standard InChI is InChI=1S/C14H11ClO3.C14H11ClO2S.C8H7IO2.C8H8O3.C6H6BClO2.C6H5ClS.2CH4/c2*1-17-14(16)10-2-6-12(7-3-10)18-13-8-4-11(15)5-9-13;2*1-11-8(10)6-2-4-7(9)5-3-6;8-6-3-1-5(2-4-6)7(9)10;7-5-1-3-6(8)4-2-5;;/h2*2-9H,1H3;2-5H,1H3;2-5,9H,1H3;1-4,9-10H;1-4,8H;2*1H4. The van der Waals surface area contributed by atoms with Gasteiger partial charge < -0.3 is 38.8 Å². The summed E-state index contributed by atoms with van der Waals surface area (Å²) in [7, 11) is 4.01. The van der Waals surface area contributed by atoms with Crippen molar-refractivity contribution in [1.29, 1.82) is 0 Å². The number of hydrogen-bond acceptors (Lipinski definition) is 14. The maximum atomic E-state index is 11.3. The quantitative estimate of drug-likeness (QED) is 0.0354. The first-order valence-corrected chi connectivity index (χ1v) is 25.7. The minimum absolute atomic E-state index is 0. The number of carbonyl (C=O) groups is 4. The Kier molecular flexibility index (Phi) is 34.4. The van der Waals surface area contributed by atoms with Crippen LogP contribution in [0.25, 0.3) is 0 Å². The molecule has 0 saturated carbocycles. The number of benzene rings is 8. The Bertz CT molecular complexity index is 2820. The lowest BCUT2D eigenvalue weighted by atomic mass is 9.81. The van der Waals surface area contributed by atoms with Gasteiger partial charge in [-0.2, -0.15) is 0 Å². The fourth-order valence-electron chi connectivity index (χ4n) is 5.33. The lowest BCUT2D eigenvalue weighted by Gasteiger charge is -2.06. The topological polar surface area (TPSA) is 175 Å². The molecule has 0 saturated heterocycles. The monoisotopic (exact) mass is 1290 g/mol. The largest absolute Gasteiger partial charge is 0.508 e. The van der Waals surface area contributed by atoms with Crippen LogP contribution in [-0.4, -0.2) is 74.6 Å². The van der Waals surface area contributed by atoms with Gasteiger partial charge in [0.2, 0.25) is 0 Å². The molecule has 20 heteroatoms. The minimum atomic E-state index is -1.41. The van der Waals surface area contributed by atoms with Gasteiger partial charge in [-0.25, -0.2) is 19.2 Å². The zero-order chi connectivity index (χ0) is 56.0. The summed E-state index contributed by atoms with van der Waals surface area (Å²) in [6.45, 7) is 0. The van der Waals surface area contributed by atoms with Crippen molar-refractivity contribution in [2.45, 2.75) is 29.5 Å². The molecule has 8 aromatic carbocycles. The van der Waals surface area contributed by atoms with E-state index < -0.39 is 13.1 Å². The molecule has 0 aromatic heterocycles. The predicted octanol–water partition coefficient (Wildman–Crippen LogP) is 15.4. The van der Waals surface area contributed by atoms with E-state index in [2.05, 4.69) is 54.2 Å². The number of rotatable bonds is 9. The van der Waals surface area contributed by atoms with Crippen molar-refractivity contribution in [2.75, 3.05) is 28.4 Å². The molecule has 0 aliphatic rings. The molecule has 410 valence electrons. The van der Waals surface area contributed by atoms with Crippen LogP contribution in [0.5, 0.6) is 17.2 Å². The van der Waals surface area contributed by atoms with E-state index in [0.29, 0.717) is 49.3 Å². The van der Waals surface area contributed by atoms with Gasteiger partial charge >= 0.3 is 31.0 Å². The average molecular weight is 1290 g/mol. The van der Waals surface area contributed by atoms with E-state index in [0.717, 1.165) is 28.3 Å². The average Bonchev–Trinajstić information content (AvgIpc) is 3.44. The Hall–Kier alpha value is -6.19. The number of esters is 4. The summed E-state index contributed by atoms with van der Waals surface area (Å²) in [5.74, 6) is 0.0883. The van der Waals surface area contributed by atoms with Crippen molar-refractivity contribution < 1.29 is 58.0 Å². The number of carbonyl (C=O) groups excluding carboxylic acids is 4. The summed E-state index contributed by atoms with van der Waals surface area (Å²) in [5, 5.41) is 28.8. The van der Waals surface area contributed by atoms with Crippen molar-refractivity contribution in [3.63, 3.8) is 0 Å². The second-order valence-corrected chi connectivity index (χ2v) is 19.2. The number of halogens is 5. The Balaban J connectivity index is 0.000000477. The van der Waals surface area contributed by atoms with Gasteiger partial charge in [0.25, 0.3) is 0 Å². The molecule has 0 amide bonds. The molecule has 0 spiro atoms. The van der Waals surface area contributed by atoms with Gasteiger partial charge in [0.15, 0.2) is 0 Å². The maximum Gasteiger partial charge on any atom is 0.488 e. The highest BCUT2D eigenvalue weighted by Crippen LogP contribution is 2.29. The van der Waals surface area contributed by atoms with E-state index in [1.807, 2.05) is 72.8 Å². The first kappa shape index (κ1) is 69.8. The number of aromatic hydroxyl groups is 1. The van der Waals surface area contributed by atoms with Crippen molar-refractivity contribution in [1.82, 2.24) is 0 Å². The van der Waals surface area contributed by atoms with Gasteiger partial charge in [-0.15, -0.1) is 12.6 Å². The van der Waals surface area contributed by atoms with Crippen LogP contribution in [0.3, 0.4) is 0 Å². The highest BCUT2D eigenvalue weighted by Gasteiger charge is 2.10. The van der Waals surface area contributed by atoms with Crippen LogP contribution >= 0.6 is 93.4 Å². The van der Waals surface area contributed by atoms with Crippen LogP contribution in [0.15, 0.2) is 209 Å². The fraction of sp³-hybridized carbons (Fsp3) is 0.103. The molecule has 0 atom stereocenters. The second-order valence-electron chi connectivity index (χ2n) is 14.6. The van der Waals surface area contributed by atoms with E-state index in [1.165, 1.54) is 52.7 Å². The normalized spacial score (nSPS) is 9.38. The smallest absolute Gasteiger partial charge is 0.488 e. The molecule has 0 radical (unpaired) electrons. The van der Waals surface area contributed by atoms with Crippen molar-refractivity contribution in [3.8, 4) is 17.2 Å². The molecule has 0 bridgehead atoms. The van der Waals surface area contributed by atoms with Crippen LogP contribution in [0.4, 0.5) is 0 Å². The second kappa shape index (κ2) is 38.4. The van der Waals surface area contributed by atoms with Gasteiger partial charge in [0, 0.05) is 38.3 Å². The molecular weight excluding hydrogens is 1230 g/mol. The van der Waals surface area contributed by atoms with E-state index in [-0.39, 0.29) is 38.5 Å². The third-order valence-corrected chi connectivity index (χ3v) is 12.2. The molecule has 78 heavy (non-hydrogen) atoms. The molecule has 12 nitrogen and oxygen atoms in total. The Morgan fingerprint density at radius 2 is 0.705 bits per heavy atom. The molecule has 0 heterocycles. The summed E-state index contributed by atoms with van der Waals surface area (Å²) < 4.78 is 24.9. The van der Waals surface area contributed by atoms with E-state index in [9.17, 15) is 19.2 Å². The van der Waals surface area contributed by atoms with Gasteiger partial charge in [-0.05, 0) is 210 Å². The van der Waals surface area contributed by atoms with Crippen LogP contribution in [0, 0.1) is 3.57 Å². The first-order valence-electron chi connectivity index (χ1n) is 21.9. The SMILES string of the molecule is C.C.COC(=O)c1ccc(I)cc1.COC(=O)c1ccc(O)cc1.COC(=O)c1ccc(Oc2ccc(Cl)cc2)cc1.COC(=O)c1ccc(Sc2ccc(Cl)cc2)cc1.OB(O)c1ccc(Cl)cc1.Sc1ccc(Cl)cc1. The van der Waals surface area contributed by atoms with Gasteiger partial charge in [-0.1, -0.05) is 85.2 Å². The minimum Gasteiger partial charge on any atom is -0.508 e. The van der Waals surface area contributed by atoms with Crippen LogP contribution in [0.2, 0.25) is 20.1 Å². The Morgan fingerprint density at radius 3 is 1.04 bits per heavy atom. The third kappa shape index (κ3) is 27.4. The summed E-state index contributed by atoms with van der Waals surface area (Å²) >= 11 is 30.6. The third-order valence-electron chi connectivity index (χ3n) is 9.20. The summed E-state index contributed by atoms with van der Waals surface area (Å²) in [4.78, 5) is 47.3. The highest BCUT2D eigenvalue weighted by atomic mass is 127. The lowest BCUT2D eigenvalue weighted by molar-refractivity contribution is 0.0592. The van der Waals surface area contributed by atoms with Crippen molar-refractivity contribution in [2.24, 2.45) is 0 Å².